The molecule has 1 saturated heterocycles. The molecular weight excluding hydrogens is 94.1 g/mol. The molecule has 1 radical (unpaired) electrons. The number of thioether (sulfide) groups is 1. The molecule has 0 saturated carbocycles. The van der Waals surface area contributed by atoms with E-state index in [1.54, 1.807) is 11.8 Å². The Morgan fingerprint density at radius 3 is 2.67 bits per heavy atom. The van der Waals surface area contributed by atoms with Gasteiger partial charge in [-0.3, -0.25) is 0 Å². The van der Waals surface area contributed by atoms with E-state index in [1.165, 1.54) is 0 Å². The molecule has 6 heavy (non-hydrogen) atoms. The fraction of sp³-hybridized carbons (Fsp3) is 0.750. The van der Waals surface area contributed by atoms with Crippen molar-refractivity contribution >= 4 is 16.8 Å². The third-order valence-corrected chi connectivity index (χ3v) is 1.83. The van der Waals surface area contributed by atoms with Gasteiger partial charge in [-0.05, 0) is 18.6 Å². The standard InChI is InChI=1S/C4H6NS/c5-4-2-1-3-6-4/h1-3H2. The molecule has 1 nitrogen and oxygen atoms in total. The van der Waals surface area contributed by atoms with Crippen LogP contribution in [0.2, 0.25) is 0 Å². The quantitative estimate of drug-likeness (QED) is 0.439. The first-order chi connectivity index (χ1) is 2.89. The van der Waals surface area contributed by atoms with Crippen molar-refractivity contribution < 1.29 is 0 Å². The van der Waals surface area contributed by atoms with Crippen LogP contribution in [-0.2, 0) is 0 Å². The Morgan fingerprint density at radius 1 is 1.67 bits per heavy atom. The van der Waals surface area contributed by atoms with Gasteiger partial charge in [0.15, 0.2) is 0 Å². The van der Waals surface area contributed by atoms with E-state index in [0.29, 0.717) is 5.04 Å². The van der Waals surface area contributed by atoms with Gasteiger partial charge in [0.05, 0.1) is 5.04 Å². The van der Waals surface area contributed by atoms with Gasteiger partial charge in [-0.25, -0.2) is 0 Å². The monoisotopic (exact) mass is 100 g/mol. The van der Waals surface area contributed by atoms with Gasteiger partial charge in [0.1, 0.15) is 0 Å². The Kier molecular flexibility index (Phi) is 1.15. The maximum Gasteiger partial charge on any atom is 0.0959 e. The van der Waals surface area contributed by atoms with Crippen LogP contribution in [0.25, 0.3) is 0 Å². The molecule has 0 spiro atoms. The SMILES string of the molecule is [N]=C1CCCS1. The summed E-state index contributed by atoms with van der Waals surface area (Å²) in [6, 6.07) is 0. The van der Waals surface area contributed by atoms with Gasteiger partial charge < -0.3 is 0 Å². The Morgan fingerprint density at radius 2 is 2.50 bits per heavy atom. The third-order valence-electron chi connectivity index (χ3n) is 0.804. The normalized spacial score (nSPS) is 22.3. The van der Waals surface area contributed by atoms with Crippen LogP contribution in [0.4, 0.5) is 0 Å². The van der Waals surface area contributed by atoms with Gasteiger partial charge in [0, 0.05) is 0 Å². The van der Waals surface area contributed by atoms with Gasteiger partial charge in [-0.2, -0.15) is 0 Å². The number of hydrogen-bond donors (Lipinski definition) is 0. The maximum atomic E-state index is 8.61. The first kappa shape index (κ1) is 4.19. The summed E-state index contributed by atoms with van der Waals surface area (Å²) in [6.45, 7) is 0. The molecule has 0 aromatic rings. The zero-order valence-electron chi connectivity index (χ0n) is 3.48. The second-order valence-corrected chi connectivity index (χ2v) is 2.51. The molecule has 0 aromatic carbocycles. The molecule has 0 atom stereocenters. The Balaban J connectivity index is 2.37. The second kappa shape index (κ2) is 1.65. The van der Waals surface area contributed by atoms with Crippen LogP contribution in [0, 0.1) is 0 Å². The molecule has 1 aliphatic heterocycles. The van der Waals surface area contributed by atoms with Crippen molar-refractivity contribution in [3.05, 3.63) is 0 Å². The lowest BCUT2D eigenvalue weighted by Gasteiger charge is -1.74. The van der Waals surface area contributed by atoms with Gasteiger partial charge in [0.25, 0.3) is 0 Å². The summed E-state index contributed by atoms with van der Waals surface area (Å²) in [4.78, 5) is 0. The minimum Gasteiger partial charge on any atom is -0.148 e. The van der Waals surface area contributed by atoms with E-state index in [2.05, 4.69) is 0 Å². The zero-order valence-corrected chi connectivity index (χ0v) is 4.29. The minimum atomic E-state index is 0.620. The summed E-state index contributed by atoms with van der Waals surface area (Å²) >= 11 is 1.57. The largest absolute Gasteiger partial charge is 0.148 e. The average molecular weight is 100 g/mol. The van der Waals surface area contributed by atoms with Crippen molar-refractivity contribution in [3.8, 4) is 0 Å². The molecule has 2 heteroatoms. The summed E-state index contributed by atoms with van der Waals surface area (Å²) in [5.74, 6) is 1.12. The number of nitrogens with zero attached hydrogens (tertiary/aromatic N) is 1. The molecule has 1 aliphatic rings. The third kappa shape index (κ3) is 0.744. The topological polar surface area (TPSA) is 22.3 Å². The Hall–Kier alpha value is 0.0200. The fourth-order valence-corrected chi connectivity index (χ4v) is 1.30. The average Bonchev–Trinajstić information content (AvgIpc) is 1.86. The van der Waals surface area contributed by atoms with E-state index in [0.717, 1.165) is 18.6 Å². The molecule has 1 rings (SSSR count). The first-order valence-electron chi connectivity index (χ1n) is 2.07. The van der Waals surface area contributed by atoms with Gasteiger partial charge >= 0.3 is 0 Å². The van der Waals surface area contributed by atoms with Crippen molar-refractivity contribution in [1.82, 2.24) is 5.41 Å². The maximum absolute atomic E-state index is 8.61. The minimum absolute atomic E-state index is 0.620. The van der Waals surface area contributed by atoms with Crippen molar-refractivity contribution in [2.75, 3.05) is 5.75 Å². The predicted octanol–water partition coefficient (Wildman–Crippen LogP) is 0.712. The predicted molar refractivity (Wildman–Crippen MR) is 28.8 cm³/mol. The van der Waals surface area contributed by atoms with E-state index >= 15 is 0 Å². The summed E-state index contributed by atoms with van der Waals surface area (Å²) in [6.07, 6.45) is 2.08. The van der Waals surface area contributed by atoms with Crippen LogP contribution < -0.4 is 5.41 Å². The Labute approximate surface area is 41.6 Å². The summed E-state index contributed by atoms with van der Waals surface area (Å²) in [5.41, 5.74) is 0. The fourth-order valence-electron chi connectivity index (χ4n) is 0.486. The zero-order chi connectivity index (χ0) is 4.41. The molecule has 0 aliphatic carbocycles. The van der Waals surface area contributed by atoms with E-state index in [9.17, 15) is 0 Å². The van der Waals surface area contributed by atoms with Crippen LogP contribution in [0.15, 0.2) is 0 Å². The van der Waals surface area contributed by atoms with Crippen LogP contribution in [0.3, 0.4) is 0 Å². The summed E-state index contributed by atoms with van der Waals surface area (Å²) in [7, 11) is 0. The van der Waals surface area contributed by atoms with E-state index in [-0.39, 0.29) is 0 Å². The number of hydrogen-bond acceptors (Lipinski definition) is 1. The van der Waals surface area contributed by atoms with Crippen LogP contribution in [-0.4, -0.2) is 10.8 Å². The molecular formula is C4H6NS. The van der Waals surface area contributed by atoms with Crippen molar-refractivity contribution in [1.29, 1.82) is 0 Å². The highest BCUT2D eigenvalue weighted by Gasteiger charge is 2.05. The molecule has 0 unspecified atom stereocenters. The van der Waals surface area contributed by atoms with Gasteiger partial charge in [-0.1, -0.05) is 0 Å². The highest BCUT2D eigenvalue weighted by Crippen LogP contribution is 2.16. The van der Waals surface area contributed by atoms with Gasteiger partial charge in [0.2, 0.25) is 0 Å². The van der Waals surface area contributed by atoms with Gasteiger partial charge in [-0.15, -0.1) is 17.2 Å². The van der Waals surface area contributed by atoms with Crippen molar-refractivity contribution in [2.45, 2.75) is 12.8 Å². The molecule has 1 heterocycles. The summed E-state index contributed by atoms with van der Waals surface area (Å²) in [5, 5.41) is 9.23. The Bertz CT molecular complexity index is 61.9. The first-order valence-corrected chi connectivity index (χ1v) is 3.06. The highest BCUT2D eigenvalue weighted by molar-refractivity contribution is 8.14. The lowest BCUT2D eigenvalue weighted by atomic mass is 10.4. The molecule has 0 amide bonds. The molecule has 0 aromatic heterocycles. The van der Waals surface area contributed by atoms with E-state index < -0.39 is 0 Å². The lowest BCUT2D eigenvalue weighted by Crippen LogP contribution is -1.78. The summed E-state index contributed by atoms with van der Waals surface area (Å²) < 4.78 is 0. The lowest BCUT2D eigenvalue weighted by molar-refractivity contribution is 1.05. The molecule has 0 N–H and O–H groups in total. The van der Waals surface area contributed by atoms with Crippen LogP contribution in [0.5, 0.6) is 0 Å². The second-order valence-electron chi connectivity index (χ2n) is 1.35. The van der Waals surface area contributed by atoms with Crippen LogP contribution in [0.1, 0.15) is 12.8 Å². The van der Waals surface area contributed by atoms with Crippen molar-refractivity contribution in [2.24, 2.45) is 0 Å². The van der Waals surface area contributed by atoms with Crippen molar-refractivity contribution in [3.63, 3.8) is 0 Å². The number of rotatable bonds is 0. The van der Waals surface area contributed by atoms with E-state index in [1.807, 2.05) is 0 Å². The smallest absolute Gasteiger partial charge is 0.0959 e. The van der Waals surface area contributed by atoms with Crippen LogP contribution >= 0.6 is 11.8 Å². The molecule has 0 bridgehead atoms. The highest BCUT2D eigenvalue weighted by atomic mass is 32.2. The van der Waals surface area contributed by atoms with E-state index in [4.69, 9.17) is 5.41 Å². The molecule has 33 valence electrons. The molecule has 1 fully saturated rings.